The van der Waals surface area contributed by atoms with E-state index in [9.17, 15) is 0 Å². The number of hydrogen-bond donors (Lipinski definition) is 0. The Hall–Kier alpha value is -0.820. The Morgan fingerprint density at radius 1 is 0.933 bits per heavy atom. The molecule has 0 aromatic heterocycles. The molecule has 0 fully saturated rings. The quantitative estimate of drug-likeness (QED) is 0.667. The molecule has 0 spiro atoms. The molecule has 1 radical (unpaired) electrons. The first kappa shape index (κ1) is 14.2. The number of rotatable bonds is 3. The Kier molecular flexibility index (Phi) is 7.06. The summed E-state index contributed by atoms with van der Waals surface area (Å²) < 4.78 is 1.21. The van der Waals surface area contributed by atoms with Gasteiger partial charge in [0, 0.05) is 0 Å². The second-order valence-corrected chi connectivity index (χ2v) is 4.05. The van der Waals surface area contributed by atoms with Gasteiger partial charge in [-0.25, -0.2) is 0 Å². The van der Waals surface area contributed by atoms with Gasteiger partial charge in [-0.2, -0.15) is 0 Å². The molecule has 0 atom stereocenters. The summed E-state index contributed by atoms with van der Waals surface area (Å²) in [5.41, 5.74) is 1.07. The smallest absolute Gasteiger partial charge is 0.0755 e. The standard InChI is InChI=1S/C7H18N.C7H7/c1-5-8(4,6-2)7-3;1-7-5-3-2-4-6-7/h5-7H2,1-4H3;2-6H,1H2/q+1;. The van der Waals surface area contributed by atoms with Crippen LogP contribution in [0.15, 0.2) is 30.3 Å². The molecule has 0 saturated carbocycles. The summed E-state index contributed by atoms with van der Waals surface area (Å²) in [5.74, 6) is 0. The highest BCUT2D eigenvalue weighted by Crippen LogP contribution is 1.97. The molecule has 1 rings (SSSR count). The fourth-order valence-corrected chi connectivity index (χ4v) is 1.15. The lowest BCUT2D eigenvalue weighted by Crippen LogP contribution is -2.42. The molecule has 1 heteroatoms. The van der Waals surface area contributed by atoms with Gasteiger partial charge in [0.15, 0.2) is 0 Å². The van der Waals surface area contributed by atoms with E-state index in [1.807, 2.05) is 30.3 Å². The first-order chi connectivity index (χ1) is 7.08. The van der Waals surface area contributed by atoms with Crippen LogP contribution in [0.4, 0.5) is 0 Å². The van der Waals surface area contributed by atoms with Gasteiger partial charge in [0.25, 0.3) is 0 Å². The van der Waals surface area contributed by atoms with Gasteiger partial charge in [-0.1, -0.05) is 30.3 Å². The molecule has 0 aliphatic heterocycles. The minimum atomic E-state index is 1.07. The monoisotopic (exact) mass is 207 g/mol. The Labute approximate surface area is 95.3 Å². The topological polar surface area (TPSA) is 0 Å². The predicted octanol–water partition coefficient (Wildman–Crippen LogP) is 3.36. The Morgan fingerprint density at radius 2 is 1.33 bits per heavy atom. The molecule has 15 heavy (non-hydrogen) atoms. The van der Waals surface area contributed by atoms with Crippen molar-refractivity contribution < 1.29 is 4.48 Å². The van der Waals surface area contributed by atoms with Crippen LogP contribution in [-0.2, 0) is 0 Å². The number of nitrogens with zero attached hydrogens (tertiary/aromatic N) is 1. The normalized spacial score (nSPS) is 10.5. The van der Waals surface area contributed by atoms with E-state index in [1.165, 1.54) is 24.1 Å². The van der Waals surface area contributed by atoms with E-state index in [0.717, 1.165) is 5.56 Å². The Bertz CT molecular complexity index is 229. The zero-order chi connectivity index (χ0) is 11.7. The molecule has 85 valence electrons. The SMILES string of the molecule is CC[N+](C)(CC)CC.[CH2]c1ccccc1. The first-order valence-electron chi connectivity index (χ1n) is 5.78. The van der Waals surface area contributed by atoms with Crippen LogP contribution < -0.4 is 0 Å². The number of quaternary nitrogens is 1. The van der Waals surface area contributed by atoms with Crippen molar-refractivity contribution in [3.05, 3.63) is 42.8 Å². The minimum absolute atomic E-state index is 1.07. The van der Waals surface area contributed by atoms with Crippen molar-refractivity contribution in [2.45, 2.75) is 20.8 Å². The number of hydrogen-bond acceptors (Lipinski definition) is 0. The van der Waals surface area contributed by atoms with Gasteiger partial charge < -0.3 is 4.48 Å². The first-order valence-corrected chi connectivity index (χ1v) is 5.78. The van der Waals surface area contributed by atoms with Crippen LogP contribution in [0.3, 0.4) is 0 Å². The lowest BCUT2D eigenvalue weighted by molar-refractivity contribution is -0.904. The summed E-state index contributed by atoms with van der Waals surface area (Å²) in [5, 5.41) is 0. The molecule has 0 bridgehead atoms. The lowest BCUT2D eigenvalue weighted by Gasteiger charge is -2.30. The second-order valence-electron chi connectivity index (χ2n) is 4.05. The minimum Gasteiger partial charge on any atom is -0.327 e. The molecule has 1 nitrogen and oxygen atoms in total. The number of benzene rings is 1. The van der Waals surface area contributed by atoms with Crippen molar-refractivity contribution in [3.63, 3.8) is 0 Å². The van der Waals surface area contributed by atoms with E-state index in [1.54, 1.807) is 0 Å². The predicted molar refractivity (Wildman–Crippen MR) is 68.7 cm³/mol. The summed E-state index contributed by atoms with van der Waals surface area (Å²) in [6, 6.07) is 9.87. The van der Waals surface area contributed by atoms with Gasteiger partial charge in [-0.15, -0.1) is 0 Å². The maximum Gasteiger partial charge on any atom is 0.0755 e. The molecule has 0 aliphatic rings. The van der Waals surface area contributed by atoms with E-state index in [0.29, 0.717) is 0 Å². The average Bonchev–Trinajstić information content (AvgIpc) is 2.30. The van der Waals surface area contributed by atoms with Crippen LogP contribution in [0.1, 0.15) is 26.3 Å². The van der Waals surface area contributed by atoms with Crippen molar-refractivity contribution >= 4 is 0 Å². The molecule has 0 saturated heterocycles. The van der Waals surface area contributed by atoms with E-state index >= 15 is 0 Å². The van der Waals surface area contributed by atoms with Crippen LogP contribution in [0.2, 0.25) is 0 Å². The summed E-state index contributed by atoms with van der Waals surface area (Å²) in [6.07, 6.45) is 0. The Balaban J connectivity index is 0.000000262. The highest BCUT2D eigenvalue weighted by Gasteiger charge is 2.10. The van der Waals surface area contributed by atoms with Gasteiger partial charge in [-0.05, 0) is 33.3 Å². The molecule has 0 unspecified atom stereocenters. The summed E-state index contributed by atoms with van der Waals surface area (Å²) in [6.45, 7) is 14.2. The summed E-state index contributed by atoms with van der Waals surface area (Å²) in [7, 11) is 2.29. The van der Waals surface area contributed by atoms with Crippen molar-refractivity contribution in [1.82, 2.24) is 0 Å². The highest BCUT2D eigenvalue weighted by molar-refractivity contribution is 5.16. The van der Waals surface area contributed by atoms with Gasteiger partial charge >= 0.3 is 0 Å². The molecular weight excluding hydrogens is 182 g/mol. The molecule has 0 aliphatic carbocycles. The van der Waals surface area contributed by atoms with Crippen LogP contribution in [0.25, 0.3) is 0 Å². The molecule has 0 N–H and O–H groups in total. The van der Waals surface area contributed by atoms with E-state index in [4.69, 9.17) is 0 Å². The van der Waals surface area contributed by atoms with Gasteiger partial charge in [0.05, 0.1) is 26.7 Å². The van der Waals surface area contributed by atoms with Crippen molar-refractivity contribution in [1.29, 1.82) is 0 Å². The maximum atomic E-state index is 3.72. The molecule has 0 amide bonds. The Morgan fingerprint density at radius 3 is 1.47 bits per heavy atom. The third kappa shape index (κ3) is 6.29. The van der Waals surface area contributed by atoms with Crippen molar-refractivity contribution in [2.24, 2.45) is 0 Å². The fraction of sp³-hybridized carbons (Fsp3) is 0.500. The molecule has 1 aromatic carbocycles. The fourth-order valence-electron chi connectivity index (χ4n) is 1.15. The molecular formula is C14H25N+. The second kappa shape index (κ2) is 7.47. The van der Waals surface area contributed by atoms with Crippen LogP contribution in [-0.4, -0.2) is 31.2 Å². The zero-order valence-corrected chi connectivity index (χ0v) is 10.7. The third-order valence-corrected chi connectivity index (χ3v) is 3.13. The van der Waals surface area contributed by atoms with Gasteiger partial charge in [0.2, 0.25) is 0 Å². The maximum absolute atomic E-state index is 3.72. The molecule has 0 heterocycles. The molecule has 1 aromatic rings. The van der Waals surface area contributed by atoms with Crippen LogP contribution in [0, 0.1) is 6.92 Å². The average molecular weight is 207 g/mol. The highest BCUT2D eigenvalue weighted by atomic mass is 15.3. The lowest BCUT2D eigenvalue weighted by atomic mass is 10.2. The zero-order valence-electron chi connectivity index (χ0n) is 10.7. The van der Waals surface area contributed by atoms with E-state index in [2.05, 4.69) is 34.7 Å². The van der Waals surface area contributed by atoms with Crippen LogP contribution in [0.5, 0.6) is 0 Å². The van der Waals surface area contributed by atoms with Crippen LogP contribution >= 0.6 is 0 Å². The van der Waals surface area contributed by atoms with Gasteiger partial charge in [-0.3, -0.25) is 0 Å². The largest absolute Gasteiger partial charge is 0.327 e. The van der Waals surface area contributed by atoms with Crippen molar-refractivity contribution in [3.8, 4) is 0 Å². The summed E-state index contributed by atoms with van der Waals surface area (Å²) in [4.78, 5) is 0. The van der Waals surface area contributed by atoms with Crippen molar-refractivity contribution in [2.75, 3.05) is 26.7 Å². The van der Waals surface area contributed by atoms with E-state index < -0.39 is 0 Å². The van der Waals surface area contributed by atoms with E-state index in [-0.39, 0.29) is 0 Å². The summed E-state index contributed by atoms with van der Waals surface area (Å²) >= 11 is 0. The third-order valence-electron chi connectivity index (χ3n) is 3.13. The van der Waals surface area contributed by atoms with Gasteiger partial charge in [0.1, 0.15) is 0 Å².